The number of anilines is 1. The summed E-state index contributed by atoms with van der Waals surface area (Å²) in [5.41, 5.74) is 1.09. The van der Waals surface area contributed by atoms with E-state index < -0.39 is 0 Å². The summed E-state index contributed by atoms with van der Waals surface area (Å²) in [6, 6.07) is 8.80. The highest BCUT2D eigenvalue weighted by Gasteiger charge is 2.13. The van der Waals surface area contributed by atoms with Crippen molar-refractivity contribution in [3.8, 4) is 0 Å². The number of pyridine rings is 1. The lowest BCUT2D eigenvalue weighted by molar-refractivity contribution is 0.659. The molecule has 0 spiro atoms. The first-order valence-corrected chi connectivity index (χ1v) is 6.87. The summed E-state index contributed by atoms with van der Waals surface area (Å²) in [7, 11) is 2.10. The lowest BCUT2D eigenvalue weighted by Gasteiger charge is -2.26. The van der Waals surface area contributed by atoms with E-state index in [9.17, 15) is 0 Å². The summed E-state index contributed by atoms with van der Waals surface area (Å²) in [4.78, 5) is 6.82. The molecular formula is C15H19ClN2. The maximum atomic E-state index is 5.97. The molecule has 0 N–H and O–H groups in total. The van der Waals surface area contributed by atoms with E-state index in [4.69, 9.17) is 11.6 Å². The van der Waals surface area contributed by atoms with Gasteiger partial charge < -0.3 is 4.90 Å². The fourth-order valence-corrected chi connectivity index (χ4v) is 2.32. The number of hydrogen-bond donors (Lipinski definition) is 0. The Morgan fingerprint density at radius 2 is 1.94 bits per heavy atom. The van der Waals surface area contributed by atoms with Gasteiger partial charge in [0, 0.05) is 30.6 Å². The SMILES string of the molecule is CCC(C)N(C)c1ncc(CCl)c2ccccc12. The fourth-order valence-electron chi connectivity index (χ4n) is 2.11. The van der Waals surface area contributed by atoms with Crippen LogP contribution in [-0.2, 0) is 5.88 Å². The normalized spacial score (nSPS) is 12.7. The molecule has 0 aliphatic rings. The van der Waals surface area contributed by atoms with Gasteiger partial charge in [-0.1, -0.05) is 31.2 Å². The second kappa shape index (κ2) is 5.57. The second-order valence-corrected chi connectivity index (χ2v) is 4.92. The Morgan fingerprint density at radius 1 is 1.28 bits per heavy atom. The molecule has 1 aromatic heterocycles. The Bertz CT molecular complexity index is 539. The summed E-state index contributed by atoms with van der Waals surface area (Å²) in [6.07, 6.45) is 2.99. The minimum Gasteiger partial charge on any atom is -0.356 e. The lowest BCUT2D eigenvalue weighted by atomic mass is 10.1. The molecule has 2 aromatic rings. The quantitative estimate of drug-likeness (QED) is 0.768. The van der Waals surface area contributed by atoms with Crippen molar-refractivity contribution in [3.63, 3.8) is 0 Å². The van der Waals surface area contributed by atoms with Gasteiger partial charge in [0.2, 0.25) is 0 Å². The van der Waals surface area contributed by atoms with Crippen molar-refractivity contribution in [2.75, 3.05) is 11.9 Å². The third kappa shape index (κ3) is 2.30. The molecule has 2 rings (SSSR count). The van der Waals surface area contributed by atoms with Crippen LogP contribution in [0, 0.1) is 0 Å². The van der Waals surface area contributed by atoms with Crippen LogP contribution in [0.15, 0.2) is 30.5 Å². The predicted molar refractivity (Wildman–Crippen MR) is 79.5 cm³/mol. The zero-order valence-corrected chi connectivity index (χ0v) is 11.9. The van der Waals surface area contributed by atoms with E-state index in [0.717, 1.165) is 17.8 Å². The number of hydrogen-bond acceptors (Lipinski definition) is 2. The third-order valence-electron chi connectivity index (χ3n) is 3.59. The molecule has 0 amide bonds. The molecule has 3 heteroatoms. The van der Waals surface area contributed by atoms with E-state index in [-0.39, 0.29) is 0 Å². The third-order valence-corrected chi connectivity index (χ3v) is 3.87. The van der Waals surface area contributed by atoms with Crippen LogP contribution in [0.2, 0.25) is 0 Å². The number of alkyl halides is 1. The highest BCUT2D eigenvalue weighted by atomic mass is 35.5. The van der Waals surface area contributed by atoms with Crippen molar-refractivity contribution in [1.29, 1.82) is 0 Å². The molecule has 0 fully saturated rings. The minimum absolute atomic E-state index is 0.475. The maximum absolute atomic E-state index is 5.97. The first-order chi connectivity index (χ1) is 8.69. The number of halogens is 1. The Balaban J connectivity index is 2.59. The van der Waals surface area contributed by atoms with Gasteiger partial charge in [-0.15, -0.1) is 11.6 Å². The molecule has 2 nitrogen and oxygen atoms in total. The molecule has 0 aliphatic carbocycles. The van der Waals surface area contributed by atoms with Crippen LogP contribution >= 0.6 is 11.6 Å². The molecule has 18 heavy (non-hydrogen) atoms. The van der Waals surface area contributed by atoms with Crippen molar-refractivity contribution in [2.45, 2.75) is 32.2 Å². The average molecular weight is 263 g/mol. The highest BCUT2D eigenvalue weighted by molar-refractivity contribution is 6.18. The second-order valence-electron chi connectivity index (χ2n) is 4.65. The van der Waals surface area contributed by atoms with Crippen molar-refractivity contribution in [3.05, 3.63) is 36.0 Å². The summed E-state index contributed by atoms with van der Waals surface area (Å²) in [6.45, 7) is 4.41. The van der Waals surface area contributed by atoms with Gasteiger partial charge in [-0.25, -0.2) is 4.98 Å². The Kier molecular flexibility index (Phi) is 4.07. The molecule has 1 unspecified atom stereocenters. The highest BCUT2D eigenvalue weighted by Crippen LogP contribution is 2.28. The predicted octanol–water partition coefficient (Wildman–Crippen LogP) is 4.21. The van der Waals surface area contributed by atoms with Crippen LogP contribution in [-0.4, -0.2) is 18.1 Å². The Morgan fingerprint density at radius 3 is 2.56 bits per heavy atom. The van der Waals surface area contributed by atoms with E-state index in [1.165, 1.54) is 10.8 Å². The molecular weight excluding hydrogens is 244 g/mol. The molecule has 0 saturated heterocycles. The van der Waals surface area contributed by atoms with Gasteiger partial charge >= 0.3 is 0 Å². The van der Waals surface area contributed by atoms with E-state index in [1.54, 1.807) is 0 Å². The first kappa shape index (κ1) is 13.2. The van der Waals surface area contributed by atoms with E-state index in [1.807, 2.05) is 12.3 Å². The number of aromatic nitrogens is 1. The molecule has 1 heterocycles. The van der Waals surface area contributed by atoms with Crippen LogP contribution in [0.25, 0.3) is 10.8 Å². The molecule has 96 valence electrons. The van der Waals surface area contributed by atoms with Gasteiger partial charge in [-0.2, -0.15) is 0 Å². The number of benzene rings is 1. The van der Waals surface area contributed by atoms with Crippen LogP contribution in [0.4, 0.5) is 5.82 Å². The van der Waals surface area contributed by atoms with Gasteiger partial charge in [0.25, 0.3) is 0 Å². The van der Waals surface area contributed by atoms with Gasteiger partial charge in [-0.05, 0) is 24.3 Å². The summed E-state index contributed by atoms with van der Waals surface area (Å²) < 4.78 is 0. The molecule has 0 saturated carbocycles. The van der Waals surface area contributed by atoms with Gasteiger partial charge in [-0.3, -0.25) is 0 Å². The smallest absolute Gasteiger partial charge is 0.136 e. The molecule has 0 aliphatic heterocycles. The zero-order chi connectivity index (χ0) is 13.1. The zero-order valence-electron chi connectivity index (χ0n) is 11.2. The van der Waals surface area contributed by atoms with Crippen LogP contribution in [0.5, 0.6) is 0 Å². The summed E-state index contributed by atoms with van der Waals surface area (Å²) in [5.74, 6) is 1.54. The van der Waals surface area contributed by atoms with Crippen LogP contribution < -0.4 is 4.90 Å². The minimum atomic E-state index is 0.475. The van der Waals surface area contributed by atoms with Gasteiger partial charge in [0.05, 0.1) is 0 Å². The largest absolute Gasteiger partial charge is 0.356 e. The topological polar surface area (TPSA) is 16.1 Å². The number of rotatable bonds is 4. The Hall–Kier alpha value is -1.28. The van der Waals surface area contributed by atoms with Gasteiger partial charge in [0.15, 0.2) is 0 Å². The molecule has 0 radical (unpaired) electrons. The van der Waals surface area contributed by atoms with Crippen molar-refractivity contribution >= 4 is 28.2 Å². The van der Waals surface area contributed by atoms with E-state index in [0.29, 0.717) is 11.9 Å². The van der Waals surface area contributed by atoms with Crippen LogP contribution in [0.3, 0.4) is 0 Å². The monoisotopic (exact) mass is 262 g/mol. The first-order valence-electron chi connectivity index (χ1n) is 6.34. The standard InChI is InChI=1S/C15H19ClN2/c1-4-11(2)18(3)15-14-8-6-5-7-13(14)12(9-16)10-17-15/h5-8,10-11H,4,9H2,1-3H3. The van der Waals surface area contributed by atoms with E-state index >= 15 is 0 Å². The average Bonchev–Trinajstić information content (AvgIpc) is 2.44. The fraction of sp³-hybridized carbons (Fsp3) is 0.400. The lowest BCUT2D eigenvalue weighted by Crippen LogP contribution is -2.29. The van der Waals surface area contributed by atoms with Crippen molar-refractivity contribution in [2.24, 2.45) is 0 Å². The maximum Gasteiger partial charge on any atom is 0.136 e. The van der Waals surface area contributed by atoms with Gasteiger partial charge in [0.1, 0.15) is 5.82 Å². The molecule has 1 aromatic carbocycles. The molecule has 1 atom stereocenters. The van der Waals surface area contributed by atoms with Crippen molar-refractivity contribution < 1.29 is 0 Å². The number of nitrogens with zero attached hydrogens (tertiary/aromatic N) is 2. The van der Waals surface area contributed by atoms with E-state index in [2.05, 4.69) is 49.0 Å². The summed E-state index contributed by atoms with van der Waals surface area (Å²) >= 11 is 5.97. The Labute approximate surface area is 114 Å². The van der Waals surface area contributed by atoms with Crippen molar-refractivity contribution in [1.82, 2.24) is 4.98 Å². The summed E-state index contributed by atoms with van der Waals surface area (Å²) in [5, 5.41) is 2.38. The van der Waals surface area contributed by atoms with Crippen LogP contribution in [0.1, 0.15) is 25.8 Å². The molecule has 0 bridgehead atoms. The number of fused-ring (bicyclic) bond motifs is 1.